The van der Waals surface area contributed by atoms with E-state index in [2.05, 4.69) is 15.3 Å². The van der Waals surface area contributed by atoms with E-state index in [4.69, 9.17) is 4.74 Å². The quantitative estimate of drug-likeness (QED) is 0.912. The summed E-state index contributed by atoms with van der Waals surface area (Å²) in [5, 5.41) is 3.05. The number of aromatic nitrogens is 2. The number of methoxy groups -OCH3 is 1. The molecule has 1 atom stereocenters. The van der Waals surface area contributed by atoms with Crippen LogP contribution in [0.3, 0.4) is 0 Å². The average Bonchev–Trinajstić information content (AvgIpc) is 2.43. The van der Waals surface area contributed by atoms with Gasteiger partial charge in [0.1, 0.15) is 17.3 Å². The molecule has 2 aromatic rings. The minimum atomic E-state index is -0.596. The van der Waals surface area contributed by atoms with E-state index in [9.17, 15) is 8.78 Å². The van der Waals surface area contributed by atoms with Crippen molar-refractivity contribution in [1.29, 1.82) is 0 Å². The van der Waals surface area contributed by atoms with Gasteiger partial charge in [0.05, 0.1) is 13.2 Å². The molecule has 0 bridgehead atoms. The van der Waals surface area contributed by atoms with E-state index in [1.54, 1.807) is 13.2 Å². The second-order valence-electron chi connectivity index (χ2n) is 4.27. The van der Waals surface area contributed by atoms with Crippen molar-refractivity contribution < 1.29 is 13.5 Å². The van der Waals surface area contributed by atoms with Crippen molar-refractivity contribution in [3.8, 4) is 5.88 Å². The fourth-order valence-electron chi connectivity index (χ4n) is 2.03. The lowest BCUT2D eigenvalue weighted by Gasteiger charge is -2.17. The minimum absolute atomic E-state index is 0.250. The summed E-state index contributed by atoms with van der Waals surface area (Å²) in [5.74, 6) is -0.800. The zero-order chi connectivity index (χ0) is 14.5. The molecule has 1 aromatic heterocycles. The molecule has 0 radical (unpaired) electrons. The van der Waals surface area contributed by atoms with Gasteiger partial charge in [-0.15, -0.1) is 0 Å². The van der Waals surface area contributed by atoms with Crippen molar-refractivity contribution >= 4 is 0 Å². The number of ether oxygens (including phenoxy) is 1. The second-order valence-corrected chi connectivity index (χ2v) is 4.27. The van der Waals surface area contributed by atoms with Crippen LogP contribution in [0.15, 0.2) is 30.6 Å². The highest BCUT2D eigenvalue weighted by molar-refractivity contribution is 5.25. The average molecular weight is 279 g/mol. The van der Waals surface area contributed by atoms with Crippen molar-refractivity contribution in [3.05, 3.63) is 53.5 Å². The first-order valence-corrected chi connectivity index (χ1v) is 6.11. The molecule has 0 saturated carbocycles. The van der Waals surface area contributed by atoms with Gasteiger partial charge in [-0.2, -0.15) is 0 Å². The summed E-state index contributed by atoms with van der Waals surface area (Å²) in [6.45, 7) is 0. The van der Waals surface area contributed by atoms with Gasteiger partial charge in [-0.1, -0.05) is 0 Å². The van der Waals surface area contributed by atoms with E-state index < -0.39 is 11.6 Å². The molecule has 4 nitrogen and oxygen atoms in total. The lowest BCUT2D eigenvalue weighted by Crippen LogP contribution is -2.21. The Bertz CT molecular complexity index is 572. The Labute approximate surface area is 115 Å². The molecule has 1 heterocycles. The Hall–Kier alpha value is -2.08. The molecule has 2 rings (SSSR count). The highest BCUT2D eigenvalue weighted by Gasteiger charge is 2.18. The predicted molar refractivity (Wildman–Crippen MR) is 70.4 cm³/mol. The summed E-state index contributed by atoms with van der Waals surface area (Å²) in [6.07, 6.45) is 3.45. The maximum atomic E-state index is 13.2. The zero-order valence-corrected chi connectivity index (χ0v) is 11.2. The number of hydrogen-bond donors (Lipinski definition) is 1. The SMILES string of the molecule is CNC(Cc1cc(F)cc(F)c1)c1nccnc1OC. The van der Waals surface area contributed by atoms with E-state index >= 15 is 0 Å². The second kappa shape index (κ2) is 6.38. The lowest BCUT2D eigenvalue weighted by atomic mass is 10.0. The van der Waals surface area contributed by atoms with Crippen LogP contribution >= 0.6 is 0 Å². The Morgan fingerprint density at radius 1 is 1.15 bits per heavy atom. The van der Waals surface area contributed by atoms with Gasteiger partial charge in [0.25, 0.3) is 0 Å². The standard InChI is InChI=1S/C14H15F2N3O/c1-17-12(13-14(20-2)19-4-3-18-13)7-9-5-10(15)8-11(16)6-9/h3-6,8,12,17H,7H2,1-2H3. The van der Waals surface area contributed by atoms with Crippen LogP contribution in [0, 0.1) is 11.6 Å². The summed E-state index contributed by atoms with van der Waals surface area (Å²) in [5.41, 5.74) is 1.14. The highest BCUT2D eigenvalue weighted by Crippen LogP contribution is 2.23. The van der Waals surface area contributed by atoms with Crippen molar-refractivity contribution in [3.63, 3.8) is 0 Å². The summed E-state index contributed by atoms with van der Waals surface area (Å²) < 4.78 is 31.6. The molecular weight excluding hydrogens is 264 g/mol. The van der Waals surface area contributed by atoms with E-state index in [0.717, 1.165) is 6.07 Å². The molecule has 1 aromatic carbocycles. The summed E-state index contributed by atoms with van der Waals surface area (Å²) in [4.78, 5) is 8.29. The zero-order valence-electron chi connectivity index (χ0n) is 11.2. The molecule has 0 fully saturated rings. The molecular formula is C14H15F2N3O. The van der Waals surface area contributed by atoms with Gasteiger partial charge >= 0.3 is 0 Å². The van der Waals surface area contributed by atoms with Gasteiger partial charge in [0.15, 0.2) is 0 Å². The van der Waals surface area contributed by atoms with E-state index in [1.165, 1.54) is 25.4 Å². The first-order chi connectivity index (χ1) is 9.63. The molecule has 0 amide bonds. The maximum Gasteiger partial charge on any atom is 0.237 e. The van der Waals surface area contributed by atoms with Crippen molar-refractivity contribution in [1.82, 2.24) is 15.3 Å². The van der Waals surface area contributed by atoms with Gasteiger partial charge in [-0.25, -0.2) is 13.8 Å². The first kappa shape index (κ1) is 14.3. The van der Waals surface area contributed by atoms with Crippen LogP contribution < -0.4 is 10.1 Å². The summed E-state index contributed by atoms with van der Waals surface area (Å²) >= 11 is 0. The minimum Gasteiger partial charge on any atom is -0.480 e. The van der Waals surface area contributed by atoms with Gasteiger partial charge in [0, 0.05) is 18.5 Å². The van der Waals surface area contributed by atoms with Gasteiger partial charge in [-0.3, -0.25) is 4.98 Å². The smallest absolute Gasteiger partial charge is 0.237 e. The van der Waals surface area contributed by atoms with Crippen molar-refractivity contribution in [2.75, 3.05) is 14.2 Å². The third-order valence-electron chi connectivity index (χ3n) is 2.93. The topological polar surface area (TPSA) is 47.0 Å². The molecule has 106 valence electrons. The molecule has 6 heteroatoms. The number of hydrogen-bond acceptors (Lipinski definition) is 4. The number of nitrogens with one attached hydrogen (secondary N) is 1. The summed E-state index contributed by atoms with van der Waals surface area (Å²) in [6, 6.07) is 3.20. The van der Waals surface area contributed by atoms with Gasteiger partial charge in [0.2, 0.25) is 5.88 Å². The molecule has 1 unspecified atom stereocenters. The molecule has 0 aliphatic rings. The largest absolute Gasteiger partial charge is 0.480 e. The Morgan fingerprint density at radius 3 is 2.40 bits per heavy atom. The van der Waals surface area contributed by atoms with Crippen LogP contribution in [0.2, 0.25) is 0 Å². The van der Waals surface area contributed by atoms with Crippen LogP contribution in [0.5, 0.6) is 5.88 Å². The van der Waals surface area contributed by atoms with Crippen LogP contribution in [0.25, 0.3) is 0 Å². The molecule has 0 aliphatic heterocycles. The van der Waals surface area contributed by atoms with Crippen LogP contribution in [0.1, 0.15) is 17.3 Å². The first-order valence-electron chi connectivity index (χ1n) is 6.11. The molecule has 0 spiro atoms. The number of rotatable bonds is 5. The molecule has 1 N–H and O–H groups in total. The number of halogens is 2. The Kier molecular flexibility index (Phi) is 4.57. The van der Waals surface area contributed by atoms with Crippen molar-refractivity contribution in [2.24, 2.45) is 0 Å². The molecule has 0 saturated heterocycles. The third-order valence-corrected chi connectivity index (χ3v) is 2.93. The fourth-order valence-corrected chi connectivity index (χ4v) is 2.03. The van der Waals surface area contributed by atoms with Crippen LogP contribution in [0.4, 0.5) is 8.78 Å². The third kappa shape index (κ3) is 3.27. The van der Waals surface area contributed by atoms with Crippen LogP contribution in [-0.4, -0.2) is 24.1 Å². The molecule has 20 heavy (non-hydrogen) atoms. The number of benzene rings is 1. The number of nitrogens with zero attached hydrogens (tertiary/aromatic N) is 2. The van der Waals surface area contributed by atoms with E-state index in [1.807, 2.05) is 0 Å². The predicted octanol–water partition coefficient (Wildman–Crippen LogP) is 2.27. The normalized spacial score (nSPS) is 12.2. The highest BCUT2D eigenvalue weighted by atomic mass is 19.1. The Balaban J connectivity index is 2.28. The van der Waals surface area contributed by atoms with Gasteiger partial charge in [-0.05, 0) is 31.2 Å². The van der Waals surface area contributed by atoms with E-state index in [0.29, 0.717) is 23.6 Å². The number of likely N-dealkylation sites (N-methyl/N-ethyl adjacent to an activating group) is 1. The monoisotopic (exact) mass is 279 g/mol. The Morgan fingerprint density at radius 2 is 1.80 bits per heavy atom. The fraction of sp³-hybridized carbons (Fsp3) is 0.286. The lowest BCUT2D eigenvalue weighted by molar-refractivity contribution is 0.379. The van der Waals surface area contributed by atoms with Gasteiger partial charge < -0.3 is 10.1 Å². The van der Waals surface area contributed by atoms with Crippen molar-refractivity contribution in [2.45, 2.75) is 12.5 Å². The summed E-state index contributed by atoms with van der Waals surface area (Å²) in [7, 11) is 3.25. The van der Waals surface area contributed by atoms with E-state index in [-0.39, 0.29) is 6.04 Å². The molecule has 0 aliphatic carbocycles. The maximum absolute atomic E-state index is 13.2. The van der Waals surface area contributed by atoms with Crippen LogP contribution in [-0.2, 0) is 6.42 Å².